The lowest BCUT2D eigenvalue weighted by Gasteiger charge is -2.13. The van der Waals surface area contributed by atoms with Crippen LogP contribution in [0.3, 0.4) is 0 Å². The van der Waals surface area contributed by atoms with Crippen molar-refractivity contribution >= 4 is 17.3 Å². The van der Waals surface area contributed by atoms with Crippen molar-refractivity contribution in [2.45, 2.75) is 13.0 Å². The molecule has 8 heteroatoms. The Balaban J connectivity index is 2.40. The summed E-state index contributed by atoms with van der Waals surface area (Å²) in [6.45, 7) is 1.67. The molecule has 0 saturated carbocycles. The van der Waals surface area contributed by atoms with E-state index in [4.69, 9.17) is 9.52 Å². The fourth-order valence-electron chi connectivity index (χ4n) is 1.83. The second kappa shape index (κ2) is 5.61. The number of benzene rings is 1. The van der Waals surface area contributed by atoms with Crippen LogP contribution >= 0.6 is 0 Å². The summed E-state index contributed by atoms with van der Waals surface area (Å²) in [7, 11) is 0. The molecule has 1 aromatic carbocycles. The van der Waals surface area contributed by atoms with Crippen molar-refractivity contribution in [3.8, 4) is 0 Å². The standard InChI is InChI=1S/C13H11FN2O5/c1-7(12-3-2-4-21-12)15-10-6-9(14)8(13(17)18)5-11(10)16(19)20/h2-7,15H,1H3,(H,17,18). The lowest BCUT2D eigenvalue weighted by Crippen LogP contribution is -2.10. The van der Waals surface area contributed by atoms with Gasteiger partial charge in [0.15, 0.2) is 0 Å². The van der Waals surface area contributed by atoms with Gasteiger partial charge in [-0.05, 0) is 19.1 Å². The Labute approximate surface area is 118 Å². The van der Waals surface area contributed by atoms with Crippen LogP contribution in [-0.4, -0.2) is 16.0 Å². The number of furan rings is 1. The largest absolute Gasteiger partial charge is 0.478 e. The number of aromatic carboxylic acids is 1. The van der Waals surface area contributed by atoms with Crippen LogP contribution < -0.4 is 5.32 Å². The Hall–Kier alpha value is -2.90. The Morgan fingerprint density at radius 2 is 2.24 bits per heavy atom. The van der Waals surface area contributed by atoms with Gasteiger partial charge in [-0.25, -0.2) is 9.18 Å². The summed E-state index contributed by atoms with van der Waals surface area (Å²) in [4.78, 5) is 21.0. The number of nitrogens with one attached hydrogen (secondary N) is 1. The molecule has 0 aliphatic rings. The summed E-state index contributed by atoms with van der Waals surface area (Å²) in [6.07, 6.45) is 1.44. The number of nitro benzene ring substituents is 1. The zero-order chi connectivity index (χ0) is 15.6. The SMILES string of the molecule is CC(Nc1cc(F)c(C(=O)O)cc1[N+](=O)[O-])c1ccco1. The average Bonchev–Trinajstić information content (AvgIpc) is 2.91. The van der Waals surface area contributed by atoms with E-state index in [2.05, 4.69) is 5.32 Å². The number of nitro groups is 1. The first-order valence-electron chi connectivity index (χ1n) is 5.91. The number of halogens is 1. The van der Waals surface area contributed by atoms with Crippen LogP contribution in [-0.2, 0) is 0 Å². The van der Waals surface area contributed by atoms with Crippen LogP contribution in [0.15, 0.2) is 34.9 Å². The van der Waals surface area contributed by atoms with E-state index in [1.54, 1.807) is 19.1 Å². The molecule has 0 bridgehead atoms. The number of hydrogen-bond acceptors (Lipinski definition) is 5. The molecule has 2 aromatic rings. The second-order valence-electron chi connectivity index (χ2n) is 4.29. The van der Waals surface area contributed by atoms with E-state index in [0.717, 1.165) is 6.07 Å². The molecule has 1 unspecified atom stereocenters. The predicted molar refractivity (Wildman–Crippen MR) is 70.8 cm³/mol. The molecule has 21 heavy (non-hydrogen) atoms. The zero-order valence-electron chi connectivity index (χ0n) is 10.9. The molecule has 1 atom stereocenters. The molecule has 0 saturated heterocycles. The lowest BCUT2D eigenvalue weighted by atomic mass is 10.1. The van der Waals surface area contributed by atoms with Gasteiger partial charge in [0.25, 0.3) is 5.69 Å². The van der Waals surface area contributed by atoms with Crippen LogP contribution in [0.4, 0.5) is 15.8 Å². The van der Waals surface area contributed by atoms with Gasteiger partial charge in [-0.1, -0.05) is 0 Å². The number of carboxylic acid groups (broad SMARTS) is 1. The Morgan fingerprint density at radius 3 is 2.76 bits per heavy atom. The number of nitrogens with zero attached hydrogens (tertiary/aromatic N) is 1. The quantitative estimate of drug-likeness (QED) is 0.648. The third-order valence-electron chi connectivity index (χ3n) is 2.85. The highest BCUT2D eigenvalue weighted by Crippen LogP contribution is 2.31. The molecule has 0 spiro atoms. The maximum atomic E-state index is 13.7. The van der Waals surface area contributed by atoms with E-state index in [1.165, 1.54) is 6.26 Å². The molecular weight excluding hydrogens is 283 g/mol. The predicted octanol–water partition coefficient (Wildman–Crippen LogP) is 3.20. The van der Waals surface area contributed by atoms with Gasteiger partial charge in [0.2, 0.25) is 0 Å². The normalized spacial score (nSPS) is 11.9. The Kier molecular flexibility index (Phi) is 3.88. The van der Waals surface area contributed by atoms with Crippen LogP contribution in [0.2, 0.25) is 0 Å². The van der Waals surface area contributed by atoms with Crippen molar-refractivity contribution in [1.82, 2.24) is 0 Å². The molecule has 0 amide bonds. The van der Waals surface area contributed by atoms with E-state index in [0.29, 0.717) is 11.8 Å². The van der Waals surface area contributed by atoms with Crippen LogP contribution in [0, 0.1) is 15.9 Å². The second-order valence-corrected chi connectivity index (χ2v) is 4.29. The lowest BCUT2D eigenvalue weighted by molar-refractivity contribution is -0.384. The van der Waals surface area contributed by atoms with Crippen molar-refractivity contribution in [1.29, 1.82) is 0 Å². The molecule has 0 fully saturated rings. The van der Waals surface area contributed by atoms with E-state index >= 15 is 0 Å². The van der Waals surface area contributed by atoms with Gasteiger partial charge < -0.3 is 14.8 Å². The maximum absolute atomic E-state index is 13.7. The molecule has 7 nitrogen and oxygen atoms in total. The number of hydrogen-bond donors (Lipinski definition) is 2. The molecule has 1 aromatic heterocycles. The summed E-state index contributed by atoms with van der Waals surface area (Å²) in [5.41, 5.74) is -1.39. The summed E-state index contributed by atoms with van der Waals surface area (Å²) in [5.74, 6) is -2.12. The number of carboxylic acids is 1. The van der Waals surface area contributed by atoms with Crippen LogP contribution in [0.25, 0.3) is 0 Å². The first kappa shape index (κ1) is 14.5. The fourth-order valence-corrected chi connectivity index (χ4v) is 1.83. The molecular formula is C13H11FN2O5. The molecule has 110 valence electrons. The van der Waals surface area contributed by atoms with Crippen LogP contribution in [0.5, 0.6) is 0 Å². The summed E-state index contributed by atoms with van der Waals surface area (Å²) >= 11 is 0. The summed E-state index contributed by atoms with van der Waals surface area (Å²) in [6, 6.07) is 4.34. The van der Waals surface area contributed by atoms with Gasteiger partial charge in [0.05, 0.1) is 17.2 Å². The van der Waals surface area contributed by atoms with Crippen molar-refractivity contribution < 1.29 is 23.6 Å². The number of anilines is 1. The minimum Gasteiger partial charge on any atom is -0.478 e. The number of rotatable bonds is 5. The zero-order valence-corrected chi connectivity index (χ0v) is 10.9. The minimum absolute atomic E-state index is 0.119. The Bertz CT molecular complexity index is 684. The van der Waals surface area contributed by atoms with E-state index in [1.807, 2.05) is 0 Å². The molecule has 0 radical (unpaired) electrons. The number of carbonyl (C=O) groups is 1. The van der Waals surface area contributed by atoms with Gasteiger partial charge in [-0.2, -0.15) is 0 Å². The average molecular weight is 294 g/mol. The Morgan fingerprint density at radius 1 is 1.52 bits per heavy atom. The molecule has 2 rings (SSSR count). The first-order chi connectivity index (χ1) is 9.90. The summed E-state index contributed by atoms with van der Waals surface area (Å²) in [5, 5.41) is 22.5. The van der Waals surface area contributed by atoms with Crippen molar-refractivity contribution in [3.05, 3.63) is 57.8 Å². The van der Waals surface area contributed by atoms with Gasteiger partial charge in [0.1, 0.15) is 22.8 Å². The van der Waals surface area contributed by atoms with E-state index < -0.39 is 34.0 Å². The fraction of sp³-hybridized carbons (Fsp3) is 0.154. The third-order valence-corrected chi connectivity index (χ3v) is 2.85. The van der Waals surface area contributed by atoms with E-state index in [-0.39, 0.29) is 5.69 Å². The van der Waals surface area contributed by atoms with E-state index in [9.17, 15) is 19.3 Å². The molecule has 2 N–H and O–H groups in total. The van der Waals surface area contributed by atoms with Crippen molar-refractivity contribution in [2.75, 3.05) is 5.32 Å². The monoisotopic (exact) mass is 294 g/mol. The third kappa shape index (κ3) is 2.99. The highest BCUT2D eigenvalue weighted by Gasteiger charge is 2.23. The van der Waals surface area contributed by atoms with Crippen molar-refractivity contribution in [3.63, 3.8) is 0 Å². The molecule has 0 aliphatic heterocycles. The highest BCUT2D eigenvalue weighted by molar-refractivity contribution is 5.90. The van der Waals surface area contributed by atoms with Gasteiger partial charge in [-0.3, -0.25) is 10.1 Å². The van der Waals surface area contributed by atoms with Gasteiger partial charge in [-0.15, -0.1) is 0 Å². The van der Waals surface area contributed by atoms with Crippen LogP contribution in [0.1, 0.15) is 29.1 Å². The highest BCUT2D eigenvalue weighted by atomic mass is 19.1. The van der Waals surface area contributed by atoms with Crippen molar-refractivity contribution in [2.24, 2.45) is 0 Å². The van der Waals surface area contributed by atoms with Gasteiger partial charge in [0, 0.05) is 12.1 Å². The summed E-state index contributed by atoms with van der Waals surface area (Å²) < 4.78 is 18.8. The molecule has 0 aliphatic carbocycles. The first-order valence-corrected chi connectivity index (χ1v) is 5.91. The van der Waals surface area contributed by atoms with Gasteiger partial charge >= 0.3 is 5.97 Å². The smallest absolute Gasteiger partial charge is 0.338 e. The minimum atomic E-state index is -1.57. The molecule has 1 heterocycles. The maximum Gasteiger partial charge on any atom is 0.338 e. The topological polar surface area (TPSA) is 106 Å².